The number of aromatic nitrogens is 1. The number of fused-ring (bicyclic) bond motifs is 1. The molecule has 3 rings (SSSR count). The molecule has 0 saturated carbocycles. The second-order valence-electron chi connectivity index (χ2n) is 4.67. The summed E-state index contributed by atoms with van der Waals surface area (Å²) in [7, 11) is 0. The number of hydrogen-bond acceptors (Lipinski definition) is 3. The maximum absolute atomic E-state index is 9.28. The van der Waals surface area contributed by atoms with Crippen LogP contribution in [0.4, 0.5) is 11.4 Å². The lowest BCUT2D eigenvalue weighted by Crippen LogP contribution is -1.96. The molecular weight excluding hydrogens is 246 g/mol. The van der Waals surface area contributed by atoms with Gasteiger partial charge >= 0.3 is 0 Å². The Hall–Kier alpha value is -2.86. The van der Waals surface area contributed by atoms with Gasteiger partial charge in [-0.2, -0.15) is 5.26 Å². The molecule has 2 aromatic carbocycles. The van der Waals surface area contributed by atoms with E-state index in [0.717, 1.165) is 22.3 Å². The molecule has 1 N–H and O–H groups in total. The Bertz CT molecular complexity index is 816. The number of benzene rings is 2. The number of pyridine rings is 1. The van der Waals surface area contributed by atoms with E-state index in [1.165, 1.54) is 5.56 Å². The highest BCUT2D eigenvalue weighted by Crippen LogP contribution is 2.28. The summed E-state index contributed by atoms with van der Waals surface area (Å²) < 4.78 is 0. The van der Waals surface area contributed by atoms with Crippen molar-refractivity contribution >= 4 is 22.3 Å². The van der Waals surface area contributed by atoms with Crippen molar-refractivity contribution in [1.29, 1.82) is 5.26 Å². The Morgan fingerprint density at radius 2 is 1.95 bits per heavy atom. The molecule has 0 saturated heterocycles. The number of nitrogens with one attached hydrogen (secondary N) is 1. The van der Waals surface area contributed by atoms with Crippen LogP contribution in [0.15, 0.2) is 54.7 Å². The highest BCUT2D eigenvalue weighted by atomic mass is 14.9. The van der Waals surface area contributed by atoms with Crippen molar-refractivity contribution in [2.24, 2.45) is 0 Å². The molecule has 0 aliphatic heterocycles. The van der Waals surface area contributed by atoms with Gasteiger partial charge in [-0.25, -0.2) is 0 Å². The summed E-state index contributed by atoms with van der Waals surface area (Å²) in [6.45, 7) is 2.04. The highest BCUT2D eigenvalue weighted by Gasteiger charge is 2.08. The standard InChI is InChI=1S/C17H13N3/c1-12-5-4-6-14(9-12)20-17-13(10-18)11-19-16-8-3-2-7-15(16)17/h2-9,11H,1H3,(H,19,20). The van der Waals surface area contributed by atoms with E-state index in [1.807, 2.05) is 49.4 Å². The molecule has 20 heavy (non-hydrogen) atoms. The highest BCUT2D eigenvalue weighted by molar-refractivity contribution is 5.95. The first kappa shape index (κ1) is 12.2. The maximum Gasteiger partial charge on any atom is 0.103 e. The Morgan fingerprint density at radius 1 is 1.10 bits per heavy atom. The van der Waals surface area contributed by atoms with Crippen LogP contribution in [0.1, 0.15) is 11.1 Å². The van der Waals surface area contributed by atoms with Gasteiger partial charge in [-0.1, -0.05) is 30.3 Å². The minimum Gasteiger partial charge on any atom is -0.354 e. The van der Waals surface area contributed by atoms with Gasteiger partial charge in [0.15, 0.2) is 0 Å². The summed E-state index contributed by atoms with van der Waals surface area (Å²) in [5, 5.41) is 13.6. The molecule has 0 aliphatic rings. The van der Waals surface area contributed by atoms with Crippen molar-refractivity contribution in [3.05, 3.63) is 65.9 Å². The zero-order valence-electron chi connectivity index (χ0n) is 11.1. The summed E-state index contributed by atoms with van der Waals surface area (Å²) in [4.78, 5) is 4.31. The summed E-state index contributed by atoms with van der Waals surface area (Å²) >= 11 is 0. The average Bonchev–Trinajstić information content (AvgIpc) is 2.48. The van der Waals surface area contributed by atoms with Gasteiger partial charge in [0, 0.05) is 17.3 Å². The lowest BCUT2D eigenvalue weighted by molar-refractivity contribution is 1.36. The third-order valence-electron chi connectivity index (χ3n) is 3.18. The average molecular weight is 259 g/mol. The van der Waals surface area contributed by atoms with Crippen LogP contribution in [0.3, 0.4) is 0 Å². The number of hydrogen-bond donors (Lipinski definition) is 1. The third-order valence-corrected chi connectivity index (χ3v) is 3.18. The zero-order valence-corrected chi connectivity index (χ0v) is 11.1. The van der Waals surface area contributed by atoms with Gasteiger partial charge < -0.3 is 5.32 Å². The molecule has 0 spiro atoms. The molecule has 0 fully saturated rings. The van der Waals surface area contributed by atoms with E-state index < -0.39 is 0 Å². The lowest BCUT2D eigenvalue weighted by atomic mass is 10.1. The first-order valence-corrected chi connectivity index (χ1v) is 6.39. The molecule has 0 radical (unpaired) electrons. The summed E-state index contributed by atoms with van der Waals surface area (Å²) in [5.41, 5.74) is 4.38. The van der Waals surface area contributed by atoms with Crippen LogP contribution in [-0.2, 0) is 0 Å². The van der Waals surface area contributed by atoms with E-state index in [4.69, 9.17) is 0 Å². The van der Waals surface area contributed by atoms with Crippen LogP contribution < -0.4 is 5.32 Å². The quantitative estimate of drug-likeness (QED) is 0.751. The molecule has 0 unspecified atom stereocenters. The fourth-order valence-corrected chi connectivity index (χ4v) is 2.23. The molecule has 1 aromatic heterocycles. The van der Waals surface area contributed by atoms with Crippen LogP contribution in [-0.4, -0.2) is 4.98 Å². The van der Waals surface area contributed by atoms with Crippen molar-refractivity contribution in [3.63, 3.8) is 0 Å². The Balaban J connectivity index is 2.17. The second-order valence-corrected chi connectivity index (χ2v) is 4.67. The molecule has 0 atom stereocenters. The predicted molar refractivity (Wildman–Crippen MR) is 80.9 cm³/mol. The second kappa shape index (κ2) is 5.02. The molecule has 3 nitrogen and oxygen atoms in total. The minimum absolute atomic E-state index is 0.546. The van der Waals surface area contributed by atoms with E-state index in [0.29, 0.717) is 5.56 Å². The lowest BCUT2D eigenvalue weighted by Gasteiger charge is -2.11. The third kappa shape index (κ3) is 2.19. The van der Waals surface area contributed by atoms with E-state index in [9.17, 15) is 5.26 Å². The number of aryl methyl sites for hydroxylation is 1. The number of anilines is 2. The van der Waals surface area contributed by atoms with Crippen LogP contribution in [0, 0.1) is 18.3 Å². The van der Waals surface area contributed by atoms with Crippen molar-refractivity contribution in [1.82, 2.24) is 4.98 Å². The summed E-state index contributed by atoms with van der Waals surface area (Å²) in [5.74, 6) is 0. The molecule has 0 bridgehead atoms. The normalized spacial score (nSPS) is 10.2. The monoisotopic (exact) mass is 259 g/mol. The first-order valence-electron chi connectivity index (χ1n) is 6.39. The van der Waals surface area contributed by atoms with Crippen LogP contribution >= 0.6 is 0 Å². The van der Waals surface area contributed by atoms with E-state index in [-0.39, 0.29) is 0 Å². The Morgan fingerprint density at radius 3 is 2.75 bits per heavy atom. The fourth-order valence-electron chi connectivity index (χ4n) is 2.23. The smallest absolute Gasteiger partial charge is 0.103 e. The van der Waals surface area contributed by atoms with E-state index in [1.54, 1.807) is 6.20 Å². The van der Waals surface area contributed by atoms with E-state index >= 15 is 0 Å². The number of rotatable bonds is 2. The van der Waals surface area contributed by atoms with Crippen molar-refractivity contribution in [2.75, 3.05) is 5.32 Å². The molecule has 0 aliphatic carbocycles. The molecule has 3 heteroatoms. The van der Waals surface area contributed by atoms with Gasteiger partial charge in [-0.15, -0.1) is 0 Å². The fraction of sp³-hybridized carbons (Fsp3) is 0.0588. The van der Waals surface area contributed by atoms with E-state index in [2.05, 4.69) is 22.4 Å². The molecular formula is C17H13N3. The number of nitrogens with zero attached hydrogens (tertiary/aromatic N) is 2. The number of para-hydroxylation sites is 1. The number of nitriles is 1. The summed E-state index contributed by atoms with van der Waals surface area (Å²) in [6, 6.07) is 18.1. The summed E-state index contributed by atoms with van der Waals surface area (Å²) in [6.07, 6.45) is 1.61. The topological polar surface area (TPSA) is 48.7 Å². The predicted octanol–water partition coefficient (Wildman–Crippen LogP) is 4.16. The largest absolute Gasteiger partial charge is 0.354 e. The molecule has 96 valence electrons. The van der Waals surface area contributed by atoms with Gasteiger partial charge in [-0.05, 0) is 30.7 Å². The van der Waals surface area contributed by atoms with Crippen LogP contribution in [0.25, 0.3) is 10.9 Å². The SMILES string of the molecule is Cc1cccc(Nc2c(C#N)cnc3ccccc23)c1. The van der Waals surface area contributed by atoms with Gasteiger partial charge in [0.1, 0.15) is 6.07 Å². The van der Waals surface area contributed by atoms with Crippen molar-refractivity contribution < 1.29 is 0 Å². The Labute approximate surface area is 117 Å². The van der Waals surface area contributed by atoms with Gasteiger partial charge in [0.2, 0.25) is 0 Å². The van der Waals surface area contributed by atoms with Gasteiger partial charge in [0.05, 0.1) is 16.8 Å². The Kier molecular flexibility index (Phi) is 3.06. The zero-order chi connectivity index (χ0) is 13.9. The van der Waals surface area contributed by atoms with Crippen LogP contribution in [0.2, 0.25) is 0 Å². The van der Waals surface area contributed by atoms with Gasteiger partial charge in [0.25, 0.3) is 0 Å². The maximum atomic E-state index is 9.28. The van der Waals surface area contributed by atoms with Crippen molar-refractivity contribution in [3.8, 4) is 6.07 Å². The first-order chi connectivity index (χ1) is 9.78. The van der Waals surface area contributed by atoms with Gasteiger partial charge in [-0.3, -0.25) is 4.98 Å². The molecule has 1 heterocycles. The molecule has 3 aromatic rings. The van der Waals surface area contributed by atoms with Crippen molar-refractivity contribution in [2.45, 2.75) is 6.92 Å². The van der Waals surface area contributed by atoms with Crippen LogP contribution in [0.5, 0.6) is 0 Å². The molecule has 0 amide bonds. The minimum atomic E-state index is 0.546.